The first kappa shape index (κ1) is 30.7. The molecule has 10 heteroatoms. The minimum atomic E-state index is -0.663. The Bertz CT molecular complexity index is 1890. The molecule has 0 saturated carbocycles. The number of hydrogen-bond acceptors (Lipinski definition) is 6. The van der Waals surface area contributed by atoms with Gasteiger partial charge in [0.25, 0.3) is 0 Å². The number of nitrogens with zero attached hydrogens (tertiary/aromatic N) is 3. The lowest BCUT2D eigenvalue weighted by atomic mass is 9.98. The third kappa shape index (κ3) is 6.25. The van der Waals surface area contributed by atoms with Crippen LogP contribution in [0.1, 0.15) is 63.3 Å². The molecule has 4 heterocycles. The summed E-state index contributed by atoms with van der Waals surface area (Å²) in [4.78, 5) is 43.6. The molecule has 2 aromatic heterocycles. The summed E-state index contributed by atoms with van der Waals surface area (Å²) in [5.74, 6) is 1.57. The van der Waals surface area contributed by atoms with E-state index in [9.17, 15) is 9.59 Å². The number of H-pyrrole nitrogens is 2. The maximum absolute atomic E-state index is 13.5. The van der Waals surface area contributed by atoms with Gasteiger partial charge in [-0.2, -0.15) is 0 Å². The number of aromatic amines is 2. The second kappa shape index (κ2) is 13.0. The maximum atomic E-state index is 13.5. The van der Waals surface area contributed by atoms with Crippen LogP contribution in [0.25, 0.3) is 44.4 Å². The van der Waals surface area contributed by atoms with Crippen LogP contribution < -0.4 is 10.6 Å². The molecule has 3 atom stereocenters. The monoisotopic (exact) mass is 631 g/mol. The van der Waals surface area contributed by atoms with Gasteiger partial charge in [0.05, 0.1) is 43.0 Å². The lowest BCUT2D eigenvalue weighted by Crippen LogP contribution is -2.51. The van der Waals surface area contributed by atoms with Crippen LogP contribution in [-0.4, -0.2) is 63.1 Å². The lowest BCUT2D eigenvalue weighted by Gasteiger charge is -2.30. The zero-order valence-corrected chi connectivity index (χ0v) is 27.0. The number of benzene rings is 3. The predicted molar refractivity (Wildman–Crippen MR) is 182 cm³/mol. The lowest BCUT2D eigenvalue weighted by molar-refractivity contribution is -0.135. The van der Waals surface area contributed by atoms with Crippen molar-refractivity contribution in [3.05, 3.63) is 84.7 Å². The number of amides is 2. The molecule has 4 N–H and O–H groups in total. The average Bonchev–Trinajstić information content (AvgIpc) is 3.93. The van der Waals surface area contributed by atoms with Crippen LogP contribution in [0.3, 0.4) is 0 Å². The fourth-order valence-electron chi connectivity index (χ4n) is 6.86. The van der Waals surface area contributed by atoms with Crippen molar-refractivity contribution in [2.75, 3.05) is 20.2 Å². The first-order chi connectivity index (χ1) is 22.9. The van der Waals surface area contributed by atoms with Gasteiger partial charge in [-0.15, -0.1) is 0 Å². The Morgan fingerprint density at radius 3 is 2.17 bits per heavy atom. The number of nitrogens with one attached hydrogen (secondary N) is 4. The molecular formula is C37H41N7O3. The van der Waals surface area contributed by atoms with Crippen LogP contribution in [0.2, 0.25) is 0 Å². The normalized spacial score (nSPS) is 18.6. The Kier molecular flexibility index (Phi) is 8.51. The van der Waals surface area contributed by atoms with Gasteiger partial charge in [0.1, 0.15) is 17.7 Å². The van der Waals surface area contributed by atoms with Gasteiger partial charge in [0, 0.05) is 12.1 Å². The summed E-state index contributed by atoms with van der Waals surface area (Å²) in [5.41, 5.74) is 6.41. The highest BCUT2D eigenvalue weighted by Gasteiger charge is 2.37. The van der Waals surface area contributed by atoms with E-state index < -0.39 is 12.1 Å². The highest BCUT2D eigenvalue weighted by Crippen LogP contribution is 2.34. The summed E-state index contributed by atoms with van der Waals surface area (Å²) < 4.78 is 4.76. The number of carbonyl (C=O) groups is 2. The zero-order chi connectivity index (χ0) is 32.5. The molecule has 0 aliphatic carbocycles. The third-order valence-electron chi connectivity index (χ3n) is 9.50. The molecule has 1 unspecified atom stereocenters. The molecule has 2 fully saturated rings. The Hall–Kier alpha value is -4.96. The van der Waals surface area contributed by atoms with Gasteiger partial charge in [0.15, 0.2) is 0 Å². The van der Waals surface area contributed by atoms with E-state index in [0.29, 0.717) is 12.6 Å². The standard InChI is InChI=1S/C37H41N7O3/c1-22(2)33(43-37(46)47-3)36(45)44-17-5-7-32(44)35-40-21-31(42-35)28-15-14-26-18-25(12-13-27(26)19-28)23-8-10-24(11-9-23)30-20-39-34(41-30)29-6-4-16-38-29/h8-15,18-22,29,32-33,38H,4-7,16-17H2,1-3H3,(H,39,41)(H,40,42)(H,43,46)/t29?,32-,33-/m0/s1. The van der Waals surface area contributed by atoms with Gasteiger partial charge in [-0.1, -0.05) is 62.4 Å². The van der Waals surface area contributed by atoms with Crippen molar-refractivity contribution < 1.29 is 14.3 Å². The van der Waals surface area contributed by atoms with E-state index in [0.717, 1.165) is 81.9 Å². The smallest absolute Gasteiger partial charge is 0.407 e. The fraction of sp³-hybridized carbons (Fsp3) is 0.351. The Balaban J connectivity index is 1.06. The molecule has 47 heavy (non-hydrogen) atoms. The van der Waals surface area contributed by atoms with Gasteiger partial charge >= 0.3 is 6.09 Å². The van der Waals surface area contributed by atoms with Crippen molar-refractivity contribution >= 4 is 22.8 Å². The van der Waals surface area contributed by atoms with Gasteiger partial charge in [-0.05, 0) is 77.7 Å². The minimum absolute atomic E-state index is 0.0815. The number of rotatable bonds is 8. The van der Waals surface area contributed by atoms with Crippen LogP contribution in [0.5, 0.6) is 0 Å². The number of carbonyl (C=O) groups excluding carboxylic acids is 2. The maximum Gasteiger partial charge on any atom is 0.407 e. The summed E-state index contributed by atoms with van der Waals surface area (Å²) >= 11 is 0. The molecule has 2 saturated heterocycles. The van der Waals surface area contributed by atoms with Crippen molar-refractivity contribution in [2.24, 2.45) is 5.92 Å². The van der Waals surface area contributed by atoms with Crippen LogP contribution in [0, 0.1) is 5.92 Å². The molecule has 0 radical (unpaired) electrons. The van der Waals surface area contributed by atoms with Gasteiger partial charge in [-0.25, -0.2) is 14.8 Å². The SMILES string of the molecule is COC(=O)N[C@H](C(=O)N1CCC[C@H]1c1ncc(-c2ccc3cc(-c4ccc(-c5cnc(C6CCCN6)[nH]5)cc4)ccc3c2)[nH]1)C(C)C. The molecule has 2 amide bonds. The van der Waals surface area contributed by atoms with E-state index in [-0.39, 0.29) is 17.9 Å². The Morgan fingerprint density at radius 1 is 0.830 bits per heavy atom. The Labute approximate surface area is 274 Å². The van der Waals surface area contributed by atoms with Crippen molar-refractivity contribution in [3.63, 3.8) is 0 Å². The molecule has 7 rings (SSSR count). The van der Waals surface area contributed by atoms with E-state index in [4.69, 9.17) is 9.72 Å². The average molecular weight is 632 g/mol. The number of alkyl carbamates (subject to hydrolysis) is 1. The van der Waals surface area contributed by atoms with E-state index in [1.165, 1.54) is 13.5 Å². The summed E-state index contributed by atoms with van der Waals surface area (Å²) in [6.45, 7) is 5.50. The molecule has 5 aromatic rings. The number of aromatic nitrogens is 4. The van der Waals surface area contributed by atoms with Crippen LogP contribution >= 0.6 is 0 Å². The van der Waals surface area contributed by atoms with Crippen molar-refractivity contribution in [1.82, 2.24) is 35.5 Å². The molecular weight excluding hydrogens is 590 g/mol. The molecule has 0 spiro atoms. The van der Waals surface area contributed by atoms with Crippen molar-refractivity contribution in [3.8, 4) is 33.6 Å². The first-order valence-corrected chi connectivity index (χ1v) is 16.5. The Morgan fingerprint density at radius 2 is 1.47 bits per heavy atom. The fourth-order valence-corrected chi connectivity index (χ4v) is 6.86. The number of methoxy groups -OCH3 is 1. The molecule has 242 valence electrons. The molecule has 10 nitrogen and oxygen atoms in total. The van der Waals surface area contributed by atoms with Crippen LogP contribution in [-0.2, 0) is 9.53 Å². The number of likely N-dealkylation sites (tertiary alicyclic amines) is 1. The van der Waals surface area contributed by atoms with Crippen LogP contribution in [0.4, 0.5) is 4.79 Å². The van der Waals surface area contributed by atoms with Crippen molar-refractivity contribution in [1.29, 1.82) is 0 Å². The summed E-state index contributed by atoms with van der Waals surface area (Å²) in [6.07, 6.45) is 7.16. The third-order valence-corrected chi connectivity index (χ3v) is 9.50. The number of fused-ring (bicyclic) bond motifs is 1. The largest absolute Gasteiger partial charge is 0.453 e. The zero-order valence-electron chi connectivity index (χ0n) is 27.0. The number of hydrogen-bond donors (Lipinski definition) is 4. The highest BCUT2D eigenvalue weighted by molar-refractivity contribution is 5.91. The topological polar surface area (TPSA) is 128 Å². The predicted octanol–water partition coefficient (Wildman–Crippen LogP) is 6.76. The van der Waals surface area contributed by atoms with Crippen LogP contribution in [0.15, 0.2) is 73.1 Å². The molecule has 3 aromatic carbocycles. The highest BCUT2D eigenvalue weighted by atomic mass is 16.5. The second-order valence-corrected chi connectivity index (χ2v) is 12.9. The summed E-state index contributed by atoms with van der Waals surface area (Å²) in [5, 5.41) is 8.50. The van der Waals surface area contributed by atoms with E-state index in [1.54, 1.807) is 0 Å². The number of ether oxygens (including phenoxy) is 1. The molecule has 2 aliphatic heterocycles. The van der Waals surface area contributed by atoms with E-state index >= 15 is 0 Å². The second-order valence-electron chi connectivity index (χ2n) is 12.9. The van der Waals surface area contributed by atoms with E-state index in [1.807, 2.05) is 31.1 Å². The number of imidazole rings is 2. The minimum Gasteiger partial charge on any atom is -0.453 e. The first-order valence-electron chi connectivity index (χ1n) is 16.5. The van der Waals surface area contributed by atoms with Gasteiger partial charge in [0.2, 0.25) is 5.91 Å². The quantitative estimate of drug-likeness (QED) is 0.150. The molecule has 0 bridgehead atoms. The summed E-state index contributed by atoms with van der Waals surface area (Å²) in [7, 11) is 1.30. The van der Waals surface area contributed by atoms with E-state index in [2.05, 4.69) is 86.2 Å². The molecule has 2 aliphatic rings. The van der Waals surface area contributed by atoms with Gasteiger partial charge in [-0.3, -0.25) is 4.79 Å². The van der Waals surface area contributed by atoms with Crippen molar-refractivity contribution in [2.45, 2.75) is 57.7 Å². The van der Waals surface area contributed by atoms with Gasteiger partial charge < -0.3 is 30.2 Å². The summed E-state index contributed by atoms with van der Waals surface area (Å²) in [6, 6.07) is 21.1.